The van der Waals surface area contributed by atoms with Crippen LogP contribution < -0.4 is 29.1 Å². The normalized spacial score (nSPS) is 14.4. The van der Waals surface area contributed by atoms with Crippen molar-refractivity contribution in [3.05, 3.63) is 118 Å². The molecule has 0 saturated carbocycles. The van der Waals surface area contributed by atoms with E-state index in [2.05, 4.69) is 20.9 Å². The smallest absolute Gasteiger partial charge is 0.337 e. The van der Waals surface area contributed by atoms with Gasteiger partial charge in [0.25, 0.3) is 5.56 Å². The second kappa shape index (κ2) is 13.8. The number of nitrogens with zero attached hydrogens (tertiary/aromatic N) is 2. The summed E-state index contributed by atoms with van der Waals surface area (Å²) in [6, 6.07) is 14.0. The van der Waals surface area contributed by atoms with Crippen LogP contribution in [0.5, 0.6) is 17.2 Å². The van der Waals surface area contributed by atoms with Gasteiger partial charge in [-0.1, -0.05) is 41.1 Å². The van der Waals surface area contributed by atoms with Crippen LogP contribution in [0.4, 0.5) is 4.39 Å². The van der Waals surface area contributed by atoms with Gasteiger partial charge in [-0.3, -0.25) is 9.36 Å². The van der Waals surface area contributed by atoms with Gasteiger partial charge in [-0.15, -0.1) is 0 Å². The van der Waals surface area contributed by atoms with Crippen molar-refractivity contribution < 1.29 is 28.1 Å². The number of halogens is 3. The van der Waals surface area contributed by atoms with Crippen molar-refractivity contribution in [3.63, 3.8) is 0 Å². The highest BCUT2D eigenvalue weighted by molar-refractivity contribution is 9.10. The number of thiazole rings is 1. The average Bonchev–Trinajstić information content (AvgIpc) is 3.32. The number of hydrogen-bond acceptors (Lipinski definition) is 8. The number of methoxy groups -OCH3 is 1. The van der Waals surface area contributed by atoms with Crippen molar-refractivity contribution in [2.75, 3.05) is 20.3 Å². The van der Waals surface area contributed by atoms with Crippen LogP contribution in [-0.4, -0.2) is 30.9 Å². The summed E-state index contributed by atoms with van der Waals surface area (Å²) in [6.07, 6.45) is 3.13. The van der Waals surface area contributed by atoms with Crippen molar-refractivity contribution in [2.24, 2.45) is 4.99 Å². The number of hydrogen-bond donors (Lipinski definition) is 0. The molecule has 228 valence electrons. The van der Waals surface area contributed by atoms with E-state index in [0.717, 1.165) is 5.56 Å². The second-order valence-electron chi connectivity index (χ2n) is 9.48. The Hall–Kier alpha value is -3.93. The fraction of sp³-hybridized carbons (Fsp3) is 0.219. The van der Waals surface area contributed by atoms with Crippen molar-refractivity contribution >= 4 is 50.9 Å². The molecule has 1 aliphatic heterocycles. The number of rotatable bonds is 10. The van der Waals surface area contributed by atoms with Gasteiger partial charge in [-0.25, -0.2) is 14.2 Å². The molecule has 8 nitrogen and oxygen atoms in total. The maximum absolute atomic E-state index is 13.9. The van der Waals surface area contributed by atoms with Gasteiger partial charge in [-0.2, -0.15) is 0 Å². The SMILES string of the molecule is CCOc1ccc([C@H]2C(C(=O)OC)=CN=c3s/c(=C\c4cc(Cl)c(OCc5ccc(F)cc5)c(Br)c4)c(=O)n32)cc1OCC. The number of esters is 1. The van der Waals surface area contributed by atoms with Crippen LogP contribution in [0, 0.1) is 5.82 Å². The highest BCUT2D eigenvalue weighted by atomic mass is 79.9. The van der Waals surface area contributed by atoms with Crippen LogP contribution >= 0.6 is 38.9 Å². The minimum atomic E-state index is -0.812. The summed E-state index contributed by atoms with van der Waals surface area (Å²) in [4.78, 5) is 31.6. The molecule has 0 N–H and O–H groups in total. The summed E-state index contributed by atoms with van der Waals surface area (Å²) < 4.78 is 38.1. The maximum Gasteiger partial charge on any atom is 0.337 e. The van der Waals surface area contributed by atoms with Gasteiger partial charge in [-0.05, 0) is 88.9 Å². The highest BCUT2D eigenvalue weighted by Gasteiger charge is 2.31. The molecule has 1 aromatic heterocycles. The zero-order valence-electron chi connectivity index (χ0n) is 23.9. The molecule has 3 aromatic carbocycles. The third-order valence-electron chi connectivity index (χ3n) is 6.62. The summed E-state index contributed by atoms with van der Waals surface area (Å²) in [5.41, 5.74) is 1.91. The monoisotopic (exact) mass is 700 g/mol. The molecule has 2 heterocycles. The first-order valence-corrected chi connectivity index (χ1v) is 15.6. The Labute approximate surface area is 269 Å². The molecule has 5 rings (SSSR count). The third-order valence-corrected chi connectivity index (χ3v) is 8.49. The summed E-state index contributed by atoms with van der Waals surface area (Å²) in [5.74, 6) is 0.535. The molecule has 0 saturated heterocycles. The summed E-state index contributed by atoms with van der Waals surface area (Å²) in [6.45, 7) is 4.78. The van der Waals surface area contributed by atoms with Crippen molar-refractivity contribution in [2.45, 2.75) is 26.5 Å². The van der Waals surface area contributed by atoms with Crippen LogP contribution in [0.3, 0.4) is 0 Å². The maximum atomic E-state index is 13.9. The van der Waals surface area contributed by atoms with Gasteiger partial charge >= 0.3 is 5.97 Å². The van der Waals surface area contributed by atoms with Gasteiger partial charge in [0.2, 0.25) is 0 Å². The minimum absolute atomic E-state index is 0.190. The predicted octanol–water partition coefficient (Wildman–Crippen LogP) is 5.95. The standard InChI is InChI=1S/C32H27BrClFN2O6S/c1-4-41-25-11-8-20(15-26(25)42-5-2)28-22(31(39)40-3)16-36-32-37(28)30(38)27(44-32)14-19-12-23(33)29(24(34)13-19)43-17-18-6-9-21(35)10-7-18/h6-16,28H,4-5,17H2,1-3H3/b27-14-/t28-/m0/s1. The molecule has 44 heavy (non-hydrogen) atoms. The molecule has 4 aromatic rings. The lowest BCUT2D eigenvalue weighted by molar-refractivity contribution is -0.136. The van der Waals surface area contributed by atoms with Crippen molar-refractivity contribution in [1.82, 2.24) is 4.57 Å². The Morgan fingerprint density at radius 3 is 2.48 bits per heavy atom. The fourth-order valence-corrected chi connectivity index (χ4v) is 6.63. The van der Waals surface area contributed by atoms with Crippen molar-refractivity contribution in [3.8, 4) is 17.2 Å². The first-order chi connectivity index (χ1) is 21.2. The summed E-state index contributed by atoms with van der Waals surface area (Å²) in [7, 11) is 1.28. The number of fused-ring (bicyclic) bond motifs is 1. The van der Waals surface area contributed by atoms with E-state index >= 15 is 0 Å². The average molecular weight is 702 g/mol. The Morgan fingerprint density at radius 1 is 1.07 bits per heavy atom. The van der Waals surface area contributed by atoms with E-state index in [4.69, 9.17) is 30.5 Å². The lowest BCUT2D eigenvalue weighted by Crippen LogP contribution is -2.39. The fourth-order valence-electron chi connectivity index (χ4n) is 4.68. The molecule has 0 fully saturated rings. The van der Waals surface area contributed by atoms with E-state index in [1.807, 2.05) is 13.8 Å². The largest absolute Gasteiger partial charge is 0.490 e. The van der Waals surface area contributed by atoms with E-state index in [0.29, 0.717) is 60.4 Å². The van der Waals surface area contributed by atoms with Gasteiger partial charge in [0.1, 0.15) is 12.4 Å². The molecule has 0 bridgehead atoms. The second-order valence-corrected chi connectivity index (χ2v) is 11.7. The zero-order valence-corrected chi connectivity index (χ0v) is 27.1. The molecule has 0 amide bonds. The number of carbonyl (C=O) groups is 1. The Kier molecular flexibility index (Phi) is 9.87. The van der Waals surface area contributed by atoms with Gasteiger partial charge in [0, 0.05) is 6.20 Å². The third kappa shape index (κ3) is 6.59. The quantitative estimate of drug-likeness (QED) is 0.190. The first-order valence-electron chi connectivity index (χ1n) is 13.6. The molecule has 0 radical (unpaired) electrons. The number of benzene rings is 3. The van der Waals surface area contributed by atoms with Crippen molar-refractivity contribution in [1.29, 1.82) is 0 Å². The van der Waals surface area contributed by atoms with E-state index in [-0.39, 0.29) is 23.6 Å². The highest BCUT2D eigenvalue weighted by Crippen LogP contribution is 2.36. The van der Waals surface area contributed by atoms with E-state index in [9.17, 15) is 14.0 Å². The van der Waals surface area contributed by atoms with Crippen LogP contribution in [0.25, 0.3) is 6.08 Å². The molecule has 12 heteroatoms. The van der Waals surface area contributed by atoms with E-state index in [1.54, 1.807) is 48.5 Å². The predicted molar refractivity (Wildman–Crippen MR) is 170 cm³/mol. The molecule has 0 unspecified atom stereocenters. The molecular formula is C32H27BrClFN2O6S. The number of carbonyl (C=O) groups excluding carboxylic acids is 1. The van der Waals surface area contributed by atoms with E-state index < -0.39 is 12.0 Å². The summed E-state index contributed by atoms with van der Waals surface area (Å²) >= 11 is 11.3. The molecule has 0 spiro atoms. The van der Waals surface area contributed by atoms with Gasteiger partial charge in [0.05, 0.1) is 46.0 Å². The Morgan fingerprint density at radius 2 is 1.80 bits per heavy atom. The Bertz CT molecular complexity index is 1900. The first kappa shape index (κ1) is 31.5. The molecule has 1 aliphatic rings. The number of ether oxygens (including phenoxy) is 4. The minimum Gasteiger partial charge on any atom is -0.490 e. The lowest BCUT2D eigenvalue weighted by atomic mass is 9.97. The van der Waals surface area contributed by atoms with Gasteiger partial charge in [0.15, 0.2) is 22.0 Å². The lowest BCUT2D eigenvalue weighted by Gasteiger charge is -2.23. The van der Waals surface area contributed by atoms with Crippen LogP contribution in [0.15, 0.2) is 80.6 Å². The van der Waals surface area contributed by atoms with Crippen LogP contribution in [0.1, 0.15) is 36.6 Å². The molecule has 0 aliphatic carbocycles. The zero-order chi connectivity index (χ0) is 31.4. The number of aromatic nitrogens is 1. The van der Waals surface area contributed by atoms with Crippen LogP contribution in [-0.2, 0) is 16.1 Å². The Balaban J connectivity index is 1.54. The van der Waals surface area contributed by atoms with Gasteiger partial charge < -0.3 is 18.9 Å². The molecular weight excluding hydrogens is 675 g/mol. The van der Waals surface area contributed by atoms with Crippen LogP contribution in [0.2, 0.25) is 5.02 Å². The topological polar surface area (TPSA) is 88.4 Å². The summed E-state index contributed by atoms with van der Waals surface area (Å²) in [5, 5.41) is 0.323. The van der Waals surface area contributed by atoms with E-state index in [1.165, 1.54) is 41.3 Å². The molecule has 1 atom stereocenters.